The summed E-state index contributed by atoms with van der Waals surface area (Å²) in [7, 11) is 0. The molecule has 0 N–H and O–H groups in total. The van der Waals surface area contributed by atoms with Crippen molar-refractivity contribution in [2.45, 2.75) is 27.2 Å². The smallest absolute Gasteiger partial charge is 0.167 e. The van der Waals surface area contributed by atoms with Crippen LogP contribution in [0.4, 0.5) is 4.39 Å². The molecule has 0 amide bonds. The maximum absolute atomic E-state index is 13.2. The van der Waals surface area contributed by atoms with Gasteiger partial charge in [-0.15, -0.1) is 0 Å². The first-order valence-electron chi connectivity index (χ1n) is 6.32. The minimum Gasteiger partial charge on any atom is -0.294 e. The molecule has 0 bridgehead atoms. The first kappa shape index (κ1) is 13.5. The minimum absolute atomic E-state index is 0.0214. The van der Waals surface area contributed by atoms with Crippen LogP contribution in [-0.2, 0) is 6.42 Å². The molecule has 0 fully saturated rings. The van der Waals surface area contributed by atoms with Crippen LogP contribution in [0.25, 0.3) is 0 Å². The fraction of sp³-hybridized carbons (Fsp3) is 0.235. The Kier molecular flexibility index (Phi) is 3.79. The van der Waals surface area contributed by atoms with E-state index < -0.39 is 0 Å². The minimum atomic E-state index is -0.275. The topological polar surface area (TPSA) is 17.1 Å². The van der Waals surface area contributed by atoms with Gasteiger partial charge in [-0.05, 0) is 50.1 Å². The molecule has 0 aromatic heterocycles. The second-order valence-corrected chi connectivity index (χ2v) is 5.06. The second-order valence-electron chi connectivity index (χ2n) is 5.06. The second kappa shape index (κ2) is 5.35. The van der Waals surface area contributed by atoms with Crippen molar-refractivity contribution in [3.05, 3.63) is 70.0 Å². The first-order valence-corrected chi connectivity index (χ1v) is 6.32. The van der Waals surface area contributed by atoms with Gasteiger partial charge in [0.1, 0.15) is 5.82 Å². The number of halogens is 1. The molecule has 0 saturated heterocycles. The molecule has 2 rings (SSSR count). The van der Waals surface area contributed by atoms with Gasteiger partial charge in [-0.1, -0.05) is 29.3 Å². The van der Waals surface area contributed by atoms with Crippen LogP contribution in [0.3, 0.4) is 0 Å². The Labute approximate surface area is 113 Å². The Morgan fingerprint density at radius 1 is 1.00 bits per heavy atom. The third-order valence-electron chi connectivity index (χ3n) is 3.13. The number of Topliss-reactive ketones (excluding diaryl/α,β-unsaturated/α-hetero) is 1. The lowest BCUT2D eigenvalue weighted by Crippen LogP contribution is -2.05. The predicted molar refractivity (Wildman–Crippen MR) is 75.1 cm³/mol. The largest absolute Gasteiger partial charge is 0.294 e. The van der Waals surface area contributed by atoms with Gasteiger partial charge in [-0.25, -0.2) is 4.39 Å². The van der Waals surface area contributed by atoms with E-state index in [1.54, 1.807) is 19.1 Å². The van der Waals surface area contributed by atoms with Crippen molar-refractivity contribution < 1.29 is 9.18 Å². The average molecular weight is 256 g/mol. The summed E-state index contributed by atoms with van der Waals surface area (Å²) in [6.07, 6.45) is 0.355. The number of carbonyl (C=O) groups excluding carboxylic acids is 1. The number of ketones is 1. The third kappa shape index (κ3) is 3.28. The van der Waals surface area contributed by atoms with Gasteiger partial charge in [0.25, 0.3) is 0 Å². The summed E-state index contributed by atoms with van der Waals surface area (Å²) < 4.78 is 13.2. The number of aryl methyl sites for hydroxylation is 3. The normalized spacial score (nSPS) is 10.5. The maximum atomic E-state index is 13.2. The number of hydrogen-bond donors (Lipinski definition) is 0. The molecule has 1 nitrogen and oxygen atoms in total. The Morgan fingerprint density at radius 3 is 2.21 bits per heavy atom. The van der Waals surface area contributed by atoms with E-state index in [0.717, 1.165) is 16.7 Å². The summed E-state index contributed by atoms with van der Waals surface area (Å²) in [5.41, 5.74) is 4.38. The van der Waals surface area contributed by atoms with Crippen LogP contribution < -0.4 is 0 Å². The molecule has 0 saturated carbocycles. The molecule has 2 heteroatoms. The monoisotopic (exact) mass is 256 g/mol. The quantitative estimate of drug-likeness (QED) is 0.753. The van der Waals surface area contributed by atoms with E-state index in [2.05, 4.69) is 6.07 Å². The van der Waals surface area contributed by atoms with Crippen molar-refractivity contribution in [1.82, 2.24) is 0 Å². The van der Waals surface area contributed by atoms with E-state index in [0.29, 0.717) is 17.5 Å². The van der Waals surface area contributed by atoms with E-state index in [1.165, 1.54) is 6.07 Å². The van der Waals surface area contributed by atoms with Gasteiger partial charge < -0.3 is 0 Å². The van der Waals surface area contributed by atoms with Crippen molar-refractivity contribution in [3.8, 4) is 0 Å². The first-order chi connectivity index (χ1) is 8.95. The van der Waals surface area contributed by atoms with E-state index in [9.17, 15) is 9.18 Å². The molecule has 0 unspecified atom stereocenters. The van der Waals surface area contributed by atoms with Crippen LogP contribution in [0.15, 0.2) is 36.4 Å². The zero-order chi connectivity index (χ0) is 14.0. The SMILES string of the molecule is Cc1cc(C)cc(CC(=O)c2ccc(F)c(C)c2)c1. The van der Waals surface area contributed by atoms with E-state index >= 15 is 0 Å². The molecule has 0 heterocycles. The molecule has 0 aliphatic carbocycles. The van der Waals surface area contributed by atoms with Crippen LogP contribution in [-0.4, -0.2) is 5.78 Å². The van der Waals surface area contributed by atoms with Crippen LogP contribution in [0, 0.1) is 26.6 Å². The van der Waals surface area contributed by atoms with Gasteiger partial charge in [0.05, 0.1) is 0 Å². The number of carbonyl (C=O) groups is 1. The summed E-state index contributed by atoms with van der Waals surface area (Å²) in [5.74, 6) is -0.254. The highest BCUT2D eigenvalue weighted by molar-refractivity contribution is 5.97. The van der Waals surface area contributed by atoms with Crippen LogP contribution in [0.2, 0.25) is 0 Å². The fourth-order valence-electron chi connectivity index (χ4n) is 2.28. The third-order valence-corrected chi connectivity index (χ3v) is 3.13. The Hall–Kier alpha value is -1.96. The summed E-state index contributed by atoms with van der Waals surface area (Å²) >= 11 is 0. The molecule has 0 aliphatic heterocycles. The van der Waals surface area contributed by atoms with Gasteiger partial charge in [0, 0.05) is 12.0 Å². The van der Waals surface area contributed by atoms with Crippen LogP contribution in [0.5, 0.6) is 0 Å². The van der Waals surface area contributed by atoms with Crippen molar-refractivity contribution in [2.75, 3.05) is 0 Å². The lowest BCUT2D eigenvalue weighted by Gasteiger charge is -2.06. The standard InChI is InChI=1S/C17H17FO/c1-11-6-12(2)8-14(7-11)10-17(19)15-4-5-16(18)13(3)9-15/h4-9H,10H2,1-3H3. The summed E-state index contributed by atoms with van der Waals surface area (Å²) in [6.45, 7) is 5.70. The van der Waals surface area contributed by atoms with Gasteiger partial charge in [0.15, 0.2) is 5.78 Å². The molecule has 2 aromatic rings. The molecule has 2 aromatic carbocycles. The van der Waals surface area contributed by atoms with Gasteiger partial charge in [0.2, 0.25) is 0 Å². The van der Waals surface area contributed by atoms with Crippen molar-refractivity contribution in [1.29, 1.82) is 0 Å². The molecule has 98 valence electrons. The predicted octanol–water partition coefficient (Wildman–Crippen LogP) is 4.18. The van der Waals surface area contributed by atoms with Crippen LogP contribution >= 0.6 is 0 Å². The Balaban J connectivity index is 2.22. The fourth-order valence-corrected chi connectivity index (χ4v) is 2.28. The van der Waals surface area contributed by atoms with Crippen molar-refractivity contribution >= 4 is 5.78 Å². The van der Waals surface area contributed by atoms with Crippen molar-refractivity contribution in [3.63, 3.8) is 0 Å². The highest BCUT2D eigenvalue weighted by Crippen LogP contribution is 2.14. The number of rotatable bonds is 3. The molecular formula is C17H17FO. The van der Waals surface area contributed by atoms with Crippen molar-refractivity contribution in [2.24, 2.45) is 0 Å². The molecule has 19 heavy (non-hydrogen) atoms. The lowest BCUT2D eigenvalue weighted by atomic mass is 9.99. The summed E-state index contributed by atoms with van der Waals surface area (Å²) in [4.78, 5) is 12.2. The van der Waals surface area contributed by atoms with Crippen LogP contribution in [0.1, 0.15) is 32.6 Å². The average Bonchev–Trinajstić information content (AvgIpc) is 2.31. The maximum Gasteiger partial charge on any atom is 0.167 e. The Bertz CT molecular complexity index is 609. The lowest BCUT2D eigenvalue weighted by molar-refractivity contribution is 0.0993. The highest BCUT2D eigenvalue weighted by atomic mass is 19.1. The van der Waals surface area contributed by atoms with Gasteiger partial charge >= 0.3 is 0 Å². The van der Waals surface area contributed by atoms with E-state index in [1.807, 2.05) is 26.0 Å². The summed E-state index contributed by atoms with van der Waals surface area (Å²) in [6, 6.07) is 10.6. The molecule has 0 radical (unpaired) electrons. The molecule has 0 atom stereocenters. The zero-order valence-corrected chi connectivity index (χ0v) is 11.5. The zero-order valence-electron chi connectivity index (χ0n) is 11.5. The molecule has 0 spiro atoms. The number of hydrogen-bond acceptors (Lipinski definition) is 1. The molecule has 0 aliphatic rings. The van der Waals surface area contributed by atoms with E-state index in [4.69, 9.17) is 0 Å². The highest BCUT2D eigenvalue weighted by Gasteiger charge is 2.09. The van der Waals surface area contributed by atoms with Gasteiger partial charge in [-0.3, -0.25) is 4.79 Å². The molecular weight excluding hydrogens is 239 g/mol. The summed E-state index contributed by atoms with van der Waals surface area (Å²) in [5, 5.41) is 0. The Morgan fingerprint density at radius 2 is 1.63 bits per heavy atom. The van der Waals surface area contributed by atoms with E-state index in [-0.39, 0.29) is 11.6 Å². The number of benzene rings is 2. The van der Waals surface area contributed by atoms with Gasteiger partial charge in [-0.2, -0.15) is 0 Å².